The SMILES string of the molecule is Cc1cccc(C(=O)NC[C@H](c2ccccn2)N2CCOCC2)c1C. The highest BCUT2D eigenvalue weighted by molar-refractivity contribution is 5.95. The summed E-state index contributed by atoms with van der Waals surface area (Å²) in [5.74, 6) is -0.0320. The lowest BCUT2D eigenvalue weighted by molar-refractivity contribution is 0.0154. The van der Waals surface area contributed by atoms with Crippen LogP contribution in [0.4, 0.5) is 0 Å². The van der Waals surface area contributed by atoms with E-state index in [4.69, 9.17) is 4.74 Å². The minimum atomic E-state index is -0.0320. The van der Waals surface area contributed by atoms with E-state index in [1.165, 1.54) is 0 Å². The monoisotopic (exact) mass is 339 g/mol. The van der Waals surface area contributed by atoms with Gasteiger partial charge in [0.2, 0.25) is 0 Å². The maximum Gasteiger partial charge on any atom is 0.251 e. The number of hydrogen-bond donors (Lipinski definition) is 1. The average Bonchev–Trinajstić information content (AvgIpc) is 2.66. The normalized spacial score (nSPS) is 16.4. The van der Waals surface area contributed by atoms with Gasteiger partial charge in [0.05, 0.1) is 24.9 Å². The van der Waals surface area contributed by atoms with Gasteiger partial charge in [0.25, 0.3) is 5.91 Å². The molecule has 1 aromatic heterocycles. The Bertz CT molecular complexity index is 712. The number of nitrogens with zero attached hydrogens (tertiary/aromatic N) is 2. The maximum atomic E-state index is 12.7. The summed E-state index contributed by atoms with van der Waals surface area (Å²) in [6, 6.07) is 11.8. The van der Waals surface area contributed by atoms with Crippen molar-refractivity contribution in [3.8, 4) is 0 Å². The summed E-state index contributed by atoms with van der Waals surface area (Å²) in [6.45, 7) is 7.67. The molecule has 2 aromatic rings. The van der Waals surface area contributed by atoms with Crippen molar-refractivity contribution in [3.05, 3.63) is 65.0 Å². The van der Waals surface area contributed by atoms with Crippen LogP contribution in [-0.2, 0) is 4.74 Å². The molecule has 0 spiro atoms. The van der Waals surface area contributed by atoms with Crippen LogP contribution in [0.5, 0.6) is 0 Å². The molecule has 1 aromatic carbocycles. The number of aromatic nitrogens is 1. The van der Waals surface area contributed by atoms with Gasteiger partial charge in [0, 0.05) is 31.4 Å². The van der Waals surface area contributed by atoms with Crippen LogP contribution in [-0.4, -0.2) is 48.6 Å². The molecular formula is C20H25N3O2. The first-order chi connectivity index (χ1) is 12.2. The van der Waals surface area contributed by atoms with E-state index in [9.17, 15) is 4.79 Å². The molecule has 5 nitrogen and oxygen atoms in total. The van der Waals surface area contributed by atoms with Crippen LogP contribution in [0.3, 0.4) is 0 Å². The number of benzene rings is 1. The quantitative estimate of drug-likeness (QED) is 0.909. The Morgan fingerprint density at radius 2 is 2.00 bits per heavy atom. The van der Waals surface area contributed by atoms with Gasteiger partial charge in [-0.05, 0) is 43.2 Å². The number of aryl methyl sites for hydroxylation is 1. The molecule has 1 aliphatic heterocycles. The Morgan fingerprint density at radius 1 is 1.20 bits per heavy atom. The van der Waals surface area contributed by atoms with Crippen molar-refractivity contribution in [3.63, 3.8) is 0 Å². The highest BCUT2D eigenvalue weighted by Gasteiger charge is 2.24. The second-order valence-corrected chi connectivity index (χ2v) is 6.38. The van der Waals surface area contributed by atoms with Gasteiger partial charge in [-0.15, -0.1) is 0 Å². The molecule has 1 N–H and O–H groups in total. The van der Waals surface area contributed by atoms with E-state index in [1.807, 2.05) is 50.2 Å². The van der Waals surface area contributed by atoms with Crippen molar-refractivity contribution in [1.29, 1.82) is 0 Å². The van der Waals surface area contributed by atoms with Gasteiger partial charge in [-0.25, -0.2) is 0 Å². The Balaban J connectivity index is 1.74. The summed E-state index contributed by atoms with van der Waals surface area (Å²) in [4.78, 5) is 19.5. The molecule has 0 bridgehead atoms. The van der Waals surface area contributed by atoms with Gasteiger partial charge in [0.1, 0.15) is 0 Å². The number of carbonyl (C=O) groups excluding carboxylic acids is 1. The van der Waals surface area contributed by atoms with Gasteiger partial charge in [0.15, 0.2) is 0 Å². The van der Waals surface area contributed by atoms with E-state index in [1.54, 1.807) is 6.20 Å². The second kappa shape index (κ2) is 8.23. The zero-order chi connectivity index (χ0) is 17.6. The van der Waals surface area contributed by atoms with Crippen LogP contribution in [0, 0.1) is 13.8 Å². The number of rotatable bonds is 5. The van der Waals surface area contributed by atoms with E-state index in [2.05, 4.69) is 15.2 Å². The van der Waals surface area contributed by atoms with E-state index in [0.29, 0.717) is 19.8 Å². The van der Waals surface area contributed by atoms with Crippen molar-refractivity contribution < 1.29 is 9.53 Å². The molecule has 1 fully saturated rings. The molecule has 0 unspecified atom stereocenters. The summed E-state index contributed by atoms with van der Waals surface area (Å²) in [5.41, 5.74) is 3.87. The summed E-state index contributed by atoms with van der Waals surface area (Å²) in [7, 11) is 0. The number of hydrogen-bond acceptors (Lipinski definition) is 4. The molecule has 0 aliphatic carbocycles. The van der Waals surface area contributed by atoms with Gasteiger partial charge in [-0.3, -0.25) is 14.7 Å². The fourth-order valence-corrected chi connectivity index (χ4v) is 3.16. The fraction of sp³-hybridized carbons (Fsp3) is 0.400. The summed E-state index contributed by atoms with van der Waals surface area (Å²) >= 11 is 0. The Hall–Kier alpha value is -2.24. The van der Waals surface area contributed by atoms with E-state index >= 15 is 0 Å². The zero-order valence-corrected chi connectivity index (χ0v) is 14.9. The molecule has 3 rings (SSSR count). The first-order valence-corrected chi connectivity index (χ1v) is 8.74. The topological polar surface area (TPSA) is 54.5 Å². The Labute approximate surface area is 149 Å². The van der Waals surface area contributed by atoms with Gasteiger partial charge >= 0.3 is 0 Å². The minimum absolute atomic E-state index is 0.0320. The van der Waals surface area contributed by atoms with Gasteiger partial charge < -0.3 is 10.1 Å². The van der Waals surface area contributed by atoms with Gasteiger partial charge in [-0.1, -0.05) is 18.2 Å². The predicted octanol–water partition coefficient (Wildman–Crippen LogP) is 2.50. The number of nitrogens with one attached hydrogen (secondary N) is 1. The third-order valence-corrected chi connectivity index (χ3v) is 4.82. The van der Waals surface area contributed by atoms with Crippen LogP contribution in [0.1, 0.15) is 33.2 Å². The molecule has 0 radical (unpaired) electrons. The van der Waals surface area contributed by atoms with Crippen molar-refractivity contribution in [2.45, 2.75) is 19.9 Å². The average molecular weight is 339 g/mol. The third kappa shape index (κ3) is 4.24. The number of pyridine rings is 1. The maximum absolute atomic E-state index is 12.7. The number of carbonyl (C=O) groups is 1. The molecule has 2 heterocycles. The lowest BCUT2D eigenvalue weighted by Crippen LogP contribution is -2.44. The standard InChI is InChI=1S/C20H25N3O2/c1-15-6-5-7-17(16(15)2)20(24)22-14-19(18-8-3-4-9-21-18)23-10-12-25-13-11-23/h3-9,19H,10-14H2,1-2H3,(H,22,24)/t19-/m1/s1. The highest BCUT2D eigenvalue weighted by atomic mass is 16.5. The molecule has 1 aliphatic rings. The van der Waals surface area contributed by atoms with E-state index in [0.717, 1.165) is 35.5 Å². The van der Waals surface area contributed by atoms with E-state index in [-0.39, 0.29) is 11.9 Å². The first-order valence-electron chi connectivity index (χ1n) is 8.74. The minimum Gasteiger partial charge on any atom is -0.379 e. The van der Waals surface area contributed by atoms with E-state index < -0.39 is 0 Å². The van der Waals surface area contributed by atoms with Crippen molar-refractivity contribution in [1.82, 2.24) is 15.2 Å². The number of ether oxygens (including phenoxy) is 1. The fourth-order valence-electron chi connectivity index (χ4n) is 3.16. The molecule has 1 atom stereocenters. The molecule has 0 saturated carbocycles. The molecule has 5 heteroatoms. The molecule has 1 amide bonds. The Kier molecular flexibility index (Phi) is 5.79. The summed E-state index contributed by atoms with van der Waals surface area (Å²) in [6.07, 6.45) is 1.80. The molecule has 1 saturated heterocycles. The molecular weight excluding hydrogens is 314 g/mol. The molecule has 132 valence electrons. The second-order valence-electron chi connectivity index (χ2n) is 6.38. The van der Waals surface area contributed by atoms with Crippen molar-refractivity contribution >= 4 is 5.91 Å². The number of amides is 1. The van der Waals surface area contributed by atoms with Crippen LogP contribution in [0.25, 0.3) is 0 Å². The van der Waals surface area contributed by atoms with Crippen molar-refractivity contribution in [2.75, 3.05) is 32.8 Å². The smallest absolute Gasteiger partial charge is 0.251 e. The predicted molar refractivity (Wildman–Crippen MR) is 97.6 cm³/mol. The zero-order valence-electron chi connectivity index (χ0n) is 14.9. The van der Waals surface area contributed by atoms with Crippen LogP contribution < -0.4 is 5.32 Å². The lowest BCUT2D eigenvalue weighted by Gasteiger charge is -2.34. The van der Waals surface area contributed by atoms with Gasteiger partial charge in [-0.2, -0.15) is 0 Å². The largest absolute Gasteiger partial charge is 0.379 e. The highest BCUT2D eigenvalue weighted by Crippen LogP contribution is 2.20. The van der Waals surface area contributed by atoms with Crippen LogP contribution >= 0.6 is 0 Å². The lowest BCUT2D eigenvalue weighted by atomic mass is 10.0. The van der Waals surface area contributed by atoms with Crippen LogP contribution in [0.15, 0.2) is 42.6 Å². The number of morpholine rings is 1. The summed E-state index contributed by atoms with van der Waals surface area (Å²) in [5, 5.41) is 3.10. The first kappa shape index (κ1) is 17.6. The Morgan fingerprint density at radius 3 is 2.72 bits per heavy atom. The third-order valence-electron chi connectivity index (χ3n) is 4.82. The molecule has 25 heavy (non-hydrogen) atoms. The summed E-state index contributed by atoms with van der Waals surface area (Å²) < 4.78 is 5.46. The van der Waals surface area contributed by atoms with Crippen LogP contribution in [0.2, 0.25) is 0 Å². The van der Waals surface area contributed by atoms with Crippen molar-refractivity contribution in [2.24, 2.45) is 0 Å².